The van der Waals surface area contributed by atoms with E-state index in [1.54, 1.807) is 23.5 Å². The highest BCUT2D eigenvalue weighted by molar-refractivity contribution is 7.92. The van der Waals surface area contributed by atoms with Crippen molar-refractivity contribution in [2.24, 2.45) is 5.92 Å². The van der Waals surface area contributed by atoms with Crippen LogP contribution >= 0.6 is 11.3 Å². The molecular formula is C16H23N3O2S2. The molecule has 0 fully saturated rings. The standard InChI is InChI=1S/C16H23N3O2S2/c1-11(2)9-10-17-16-18-15(12(3)22-16)13-5-7-14(8-6-13)19-23(4,20)21/h5-8,11,19H,9-10H2,1-4H3,(H,17,18). The fourth-order valence-electron chi connectivity index (χ4n) is 2.12. The molecule has 5 nitrogen and oxygen atoms in total. The first-order valence-electron chi connectivity index (χ1n) is 7.54. The lowest BCUT2D eigenvalue weighted by atomic mass is 10.1. The summed E-state index contributed by atoms with van der Waals surface area (Å²) in [4.78, 5) is 5.79. The second-order valence-corrected chi connectivity index (χ2v) is 8.94. The smallest absolute Gasteiger partial charge is 0.229 e. The third-order valence-electron chi connectivity index (χ3n) is 3.26. The quantitative estimate of drug-likeness (QED) is 0.791. The normalized spacial score (nSPS) is 11.7. The van der Waals surface area contributed by atoms with Crippen molar-refractivity contribution in [1.82, 2.24) is 4.98 Å². The molecule has 7 heteroatoms. The molecule has 1 aromatic heterocycles. The summed E-state index contributed by atoms with van der Waals surface area (Å²) in [6.07, 6.45) is 2.25. The predicted octanol–water partition coefficient (Wildman–Crippen LogP) is 3.95. The zero-order valence-electron chi connectivity index (χ0n) is 13.9. The second-order valence-electron chi connectivity index (χ2n) is 5.98. The fourth-order valence-corrected chi connectivity index (χ4v) is 3.54. The van der Waals surface area contributed by atoms with Gasteiger partial charge in [0.1, 0.15) is 0 Å². The molecule has 0 aliphatic carbocycles. The molecule has 0 radical (unpaired) electrons. The Morgan fingerprint density at radius 1 is 1.22 bits per heavy atom. The maximum Gasteiger partial charge on any atom is 0.229 e. The Hall–Kier alpha value is -1.60. The van der Waals surface area contributed by atoms with Gasteiger partial charge in [-0.05, 0) is 31.4 Å². The number of aromatic nitrogens is 1. The Labute approximate surface area is 142 Å². The minimum Gasteiger partial charge on any atom is -0.361 e. The number of hydrogen-bond acceptors (Lipinski definition) is 5. The number of thiazole rings is 1. The van der Waals surface area contributed by atoms with E-state index >= 15 is 0 Å². The molecule has 1 aromatic carbocycles. The van der Waals surface area contributed by atoms with Crippen LogP contribution in [-0.4, -0.2) is 26.2 Å². The van der Waals surface area contributed by atoms with Crippen LogP contribution in [0.5, 0.6) is 0 Å². The van der Waals surface area contributed by atoms with Crippen LogP contribution in [0.2, 0.25) is 0 Å². The lowest BCUT2D eigenvalue weighted by Gasteiger charge is -2.05. The van der Waals surface area contributed by atoms with E-state index in [4.69, 9.17) is 0 Å². The minimum atomic E-state index is -3.25. The summed E-state index contributed by atoms with van der Waals surface area (Å²) in [5, 5.41) is 4.29. The van der Waals surface area contributed by atoms with Crippen molar-refractivity contribution in [3.05, 3.63) is 29.1 Å². The zero-order chi connectivity index (χ0) is 17.0. The lowest BCUT2D eigenvalue weighted by molar-refractivity contribution is 0.606. The number of nitrogens with one attached hydrogen (secondary N) is 2. The van der Waals surface area contributed by atoms with E-state index < -0.39 is 10.0 Å². The van der Waals surface area contributed by atoms with E-state index in [0.29, 0.717) is 11.6 Å². The number of sulfonamides is 1. The van der Waals surface area contributed by atoms with Crippen LogP contribution in [0, 0.1) is 12.8 Å². The van der Waals surface area contributed by atoms with Crippen molar-refractivity contribution in [2.45, 2.75) is 27.2 Å². The van der Waals surface area contributed by atoms with Crippen LogP contribution < -0.4 is 10.0 Å². The first-order chi connectivity index (χ1) is 10.7. The van der Waals surface area contributed by atoms with Crippen LogP contribution in [-0.2, 0) is 10.0 Å². The molecule has 1 heterocycles. The summed E-state index contributed by atoms with van der Waals surface area (Å²) in [5.74, 6) is 0.665. The third kappa shape index (κ3) is 5.51. The summed E-state index contributed by atoms with van der Waals surface area (Å²) in [6, 6.07) is 7.27. The van der Waals surface area contributed by atoms with Gasteiger partial charge >= 0.3 is 0 Å². The molecule has 2 rings (SSSR count). The Morgan fingerprint density at radius 2 is 1.87 bits per heavy atom. The van der Waals surface area contributed by atoms with Crippen LogP contribution in [0.1, 0.15) is 25.1 Å². The van der Waals surface area contributed by atoms with Crippen molar-refractivity contribution in [2.75, 3.05) is 22.8 Å². The lowest BCUT2D eigenvalue weighted by Crippen LogP contribution is -2.09. The van der Waals surface area contributed by atoms with Gasteiger partial charge in [0.05, 0.1) is 11.9 Å². The van der Waals surface area contributed by atoms with Gasteiger partial charge in [0.15, 0.2) is 5.13 Å². The number of aryl methyl sites for hydroxylation is 1. The Kier molecular flexibility index (Phi) is 5.64. The van der Waals surface area contributed by atoms with Crippen molar-refractivity contribution in [3.63, 3.8) is 0 Å². The van der Waals surface area contributed by atoms with Crippen LogP contribution in [0.4, 0.5) is 10.8 Å². The highest BCUT2D eigenvalue weighted by Crippen LogP contribution is 2.31. The van der Waals surface area contributed by atoms with Gasteiger partial charge in [0, 0.05) is 22.7 Å². The Morgan fingerprint density at radius 3 is 2.43 bits per heavy atom. The Balaban J connectivity index is 2.11. The van der Waals surface area contributed by atoms with Gasteiger partial charge in [-0.1, -0.05) is 26.0 Å². The van der Waals surface area contributed by atoms with Gasteiger partial charge in [-0.15, -0.1) is 11.3 Å². The van der Waals surface area contributed by atoms with Gasteiger partial charge < -0.3 is 5.32 Å². The molecule has 0 aliphatic heterocycles. The van der Waals surface area contributed by atoms with Gasteiger partial charge in [0.25, 0.3) is 0 Å². The van der Waals surface area contributed by atoms with E-state index in [-0.39, 0.29) is 0 Å². The molecule has 0 unspecified atom stereocenters. The average Bonchev–Trinajstić information content (AvgIpc) is 2.78. The van der Waals surface area contributed by atoms with Crippen LogP contribution in [0.3, 0.4) is 0 Å². The molecule has 0 spiro atoms. The largest absolute Gasteiger partial charge is 0.361 e. The first kappa shape index (κ1) is 17.7. The van der Waals surface area contributed by atoms with Gasteiger partial charge in [0.2, 0.25) is 10.0 Å². The van der Waals surface area contributed by atoms with E-state index in [0.717, 1.165) is 40.5 Å². The fraction of sp³-hybridized carbons (Fsp3) is 0.438. The van der Waals surface area contributed by atoms with Crippen LogP contribution in [0.15, 0.2) is 24.3 Å². The first-order valence-corrected chi connectivity index (χ1v) is 10.2. The minimum absolute atomic E-state index is 0.555. The summed E-state index contributed by atoms with van der Waals surface area (Å²) in [6.45, 7) is 7.36. The van der Waals surface area contributed by atoms with Gasteiger partial charge in [-0.2, -0.15) is 0 Å². The topological polar surface area (TPSA) is 71.1 Å². The van der Waals surface area contributed by atoms with Gasteiger partial charge in [-0.3, -0.25) is 4.72 Å². The number of rotatable bonds is 7. The predicted molar refractivity (Wildman–Crippen MR) is 98.7 cm³/mol. The average molecular weight is 354 g/mol. The second kappa shape index (κ2) is 7.31. The summed E-state index contributed by atoms with van der Waals surface area (Å²) in [5.41, 5.74) is 2.47. The van der Waals surface area contributed by atoms with Crippen LogP contribution in [0.25, 0.3) is 11.3 Å². The van der Waals surface area contributed by atoms with Crippen molar-refractivity contribution in [1.29, 1.82) is 0 Å². The molecule has 0 atom stereocenters. The zero-order valence-corrected chi connectivity index (χ0v) is 15.5. The molecule has 2 N–H and O–H groups in total. The molecule has 0 amide bonds. The number of benzene rings is 1. The molecule has 23 heavy (non-hydrogen) atoms. The molecule has 2 aromatic rings. The molecule has 126 valence electrons. The van der Waals surface area contributed by atoms with E-state index in [2.05, 4.69) is 28.9 Å². The van der Waals surface area contributed by atoms with Crippen molar-refractivity contribution < 1.29 is 8.42 Å². The van der Waals surface area contributed by atoms with Crippen molar-refractivity contribution >= 4 is 32.2 Å². The van der Waals surface area contributed by atoms with E-state index in [1.807, 2.05) is 19.1 Å². The number of hydrogen-bond donors (Lipinski definition) is 2. The third-order valence-corrected chi connectivity index (χ3v) is 4.79. The maximum atomic E-state index is 11.2. The number of nitrogens with zero attached hydrogens (tertiary/aromatic N) is 1. The maximum absolute atomic E-state index is 11.2. The summed E-state index contributed by atoms with van der Waals surface area (Å²) in [7, 11) is -3.25. The molecule has 0 saturated heterocycles. The Bertz CT molecular complexity index is 750. The highest BCUT2D eigenvalue weighted by Gasteiger charge is 2.10. The molecule has 0 aliphatic rings. The molecule has 0 saturated carbocycles. The summed E-state index contributed by atoms with van der Waals surface area (Å²) < 4.78 is 24.9. The molecular weight excluding hydrogens is 330 g/mol. The van der Waals surface area contributed by atoms with E-state index in [1.165, 1.54) is 0 Å². The SMILES string of the molecule is Cc1sc(NCCC(C)C)nc1-c1ccc(NS(C)(=O)=O)cc1. The molecule has 0 bridgehead atoms. The highest BCUT2D eigenvalue weighted by atomic mass is 32.2. The monoisotopic (exact) mass is 353 g/mol. The van der Waals surface area contributed by atoms with E-state index in [9.17, 15) is 8.42 Å². The number of anilines is 2. The summed E-state index contributed by atoms with van der Waals surface area (Å²) >= 11 is 1.64. The van der Waals surface area contributed by atoms with Gasteiger partial charge in [-0.25, -0.2) is 13.4 Å². The van der Waals surface area contributed by atoms with Crippen molar-refractivity contribution in [3.8, 4) is 11.3 Å².